The van der Waals surface area contributed by atoms with Crippen LogP contribution in [0.25, 0.3) is 11.0 Å². The fourth-order valence-corrected chi connectivity index (χ4v) is 3.26. The molecule has 4 rings (SSSR count). The fourth-order valence-electron chi connectivity index (χ4n) is 3.14. The van der Waals surface area contributed by atoms with Crippen LogP contribution >= 0.6 is 11.6 Å². The number of nitrogens with one attached hydrogen (secondary N) is 1. The minimum atomic E-state index is -0.116. The maximum Gasteiger partial charge on any atom is 0.244 e. The summed E-state index contributed by atoms with van der Waals surface area (Å²) in [6, 6.07) is 22.6. The maximum atomic E-state index is 12.7. The molecule has 1 amide bonds. The number of hydrogen-bond acceptors (Lipinski definition) is 3. The molecule has 5 nitrogen and oxygen atoms in total. The summed E-state index contributed by atoms with van der Waals surface area (Å²) >= 11 is 5.93. The third-order valence-corrected chi connectivity index (χ3v) is 4.89. The molecule has 0 atom stereocenters. The van der Waals surface area contributed by atoms with Crippen molar-refractivity contribution in [2.75, 3.05) is 5.32 Å². The van der Waals surface area contributed by atoms with Crippen molar-refractivity contribution in [2.45, 2.75) is 20.1 Å². The second kappa shape index (κ2) is 8.37. The zero-order chi connectivity index (χ0) is 20.2. The van der Waals surface area contributed by atoms with Crippen LogP contribution in [0, 0.1) is 6.92 Å². The van der Waals surface area contributed by atoms with Gasteiger partial charge in [0, 0.05) is 10.7 Å². The Balaban J connectivity index is 1.57. The number of benzene rings is 3. The van der Waals surface area contributed by atoms with E-state index in [2.05, 4.69) is 10.3 Å². The number of carbonyl (C=O) groups excluding carboxylic acids is 1. The lowest BCUT2D eigenvalue weighted by Gasteiger charge is -2.12. The zero-order valence-electron chi connectivity index (χ0n) is 15.9. The first kappa shape index (κ1) is 19.0. The Kier molecular flexibility index (Phi) is 5.49. The summed E-state index contributed by atoms with van der Waals surface area (Å²) in [6.45, 7) is 2.36. The summed E-state index contributed by atoms with van der Waals surface area (Å²) in [4.78, 5) is 17.4. The zero-order valence-corrected chi connectivity index (χ0v) is 16.7. The average molecular weight is 406 g/mol. The van der Waals surface area contributed by atoms with E-state index in [9.17, 15) is 4.79 Å². The van der Waals surface area contributed by atoms with Crippen LogP contribution in [0.5, 0.6) is 5.75 Å². The summed E-state index contributed by atoms with van der Waals surface area (Å²) in [7, 11) is 0. The van der Waals surface area contributed by atoms with Gasteiger partial charge in [-0.1, -0.05) is 41.9 Å². The molecule has 6 heteroatoms. The van der Waals surface area contributed by atoms with Gasteiger partial charge in [0.2, 0.25) is 5.91 Å². The number of halogens is 1. The molecule has 1 heterocycles. The number of anilines is 1. The Bertz CT molecular complexity index is 1150. The Morgan fingerprint density at radius 1 is 1.03 bits per heavy atom. The summed E-state index contributed by atoms with van der Waals surface area (Å²) in [5.74, 6) is 1.26. The molecular weight excluding hydrogens is 386 g/mol. The van der Waals surface area contributed by atoms with Crippen LogP contribution in [0.2, 0.25) is 5.02 Å². The van der Waals surface area contributed by atoms with Crippen molar-refractivity contribution < 1.29 is 9.53 Å². The minimum absolute atomic E-state index is 0.116. The number of fused-ring (bicyclic) bond motifs is 1. The molecule has 0 radical (unpaired) electrons. The van der Waals surface area contributed by atoms with E-state index in [-0.39, 0.29) is 19.1 Å². The van der Waals surface area contributed by atoms with E-state index >= 15 is 0 Å². The molecule has 29 heavy (non-hydrogen) atoms. The molecule has 0 aliphatic heterocycles. The number of para-hydroxylation sites is 3. The van der Waals surface area contributed by atoms with Crippen LogP contribution in [0.15, 0.2) is 72.8 Å². The van der Waals surface area contributed by atoms with Gasteiger partial charge < -0.3 is 14.6 Å². The van der Waals surface area contributed by atoms with Gasteiger partial charge >= 0.3 is 0 Å². The number of aromatic nitrogens is 2. The third-order valence-electron chi connectivity index (χ3n) is 4.64. The SMILES string of the molecule is Cc1ccccc1NC(=O)Cn1c(COc2ccc(Cl)cc2)nc2ccccc21. The smallest absolute Gasteiger partial charge is 0.244 e. The molecule has 0 bridgehead atoms. The van der Waals surface area contributed by atoms with Gasteiger partial charge in [0.05, 0.1) is 11.0 Å². The van der Waals surface area contributed by atoms with E-state index in [1.54, 1.807) is 24.3 Å². The van der Waals surface area contributed by atoms with Crippen LogP contribution in [-0.2, 0) is 17.9 Å². The molecule has 146 valence electrons. The Morgan fingerprint density at radius 2 is 1.76 bits per heavy atom. The molecule has 4 aromatic rings. The van der Waals surface area contributed by atoms with Crippen molar-refractivity contribution >= 4 is 34.2 Å². The number of hydrogen-bond donors (Lipinski definition) is 1. The molecule has 3 aromatic carbocycles. The average Bonchev–Trinajstić information content (AvgIpc) is 3.07. The summed E-state index contributed by atoms with van der Waals surface area (Å²) in [5, 5.41) is 3.63. The number of rotatable bonds is 6. The number of aryl methyl sites for hydroxylation is 1. The van der Waals surface area contributed by atoms with Gasteiger partial charge in [0.15, 0.2) is 0 Å². The van der Waals surface area contributed by atoms with Gasteiger partial charge in [-0.25, -0.2) is 4.98 Å². The number of ether oxygens (including phenoxy) is 1. The monoisotopic (exact) mass is 405 g/mol. The van der Waals surface area contributed by atoms with Crippen molar-refractivity contribution in [1.29, 1.82) is 0 Å². The van der Waals surface area contributed by atoms with E-state index < -0.39 is 0 Å². The van der Waals surface area contributed by atoms with Crippen molar-refractivity contribution in [3.8, 4) is 5.75 Å². The second-order valence-corrected chi connectivity index (χ2v) is 7.15. The number of carbonyl (C=O) groups is 1. The van der Waals surface area contributed by atoms with Gasteiger partial charge in [-0.05, 0) is 55.0 Å². The third kappa shape index (κ3) is 4.41. The normalized spacial score (nSPS) is 10.8. The molecule has 0 fully saturated rings. The van der Waals surface area contributed by atoms with Crippen LogP contribution in [0.3, 0.4) is 0 Å². The minimum Gasteiger partial charge on any atom is -0.486 e. The maximum absolute atomic E-state index is 12.7. The predicted octanol–water partition coefficient (Wildman–Crippen LogP) is 5.22. The molecule has 0 aliphatic rings. The lowest BCUT2D eigenvalue weighted by molar-refractivity contribution is -0.116. The molecule has 0 unspecified atom stereocenters. The molecule has 0 spiro atoms. The van der Waals surface area contributed by atoms with E-state index in [0.717, 1.165) is 22.3 Å². The van der Waals surface area contributed by atoms with Crippen LogP contribution in [0.1, 0.15) is 11.4 Å². The molecule has 1 N–H and O–H groups in total. The topological polar surface area (TPSA) is 56.2 Å². The molecule has 1 aromatic heterocycles. The lowest BCUT2D eigenvalue weighted by atomic mass is 10.2. The highest BCUT2D eigenvalue weighted by Gasteiger charge is 2.15. The van der Waals surface area contributed by atoms with Gasteiger partial charge in [0.1, 0.15) is 24.7 Å². The Morgan fingerprint density at radius 3 is 2.55 bits per heavy atom. The first-order chi connectivity index (χ1) is 14.1. The van der Waals surface area contributed by atoms with E-state index in [4.69, 9.17) is 16.3 Å². The fraction of sp³-hybridized carbons (Fsp3) is 0.130. The highest BCUT2D eigenvalue weighted by Crippen LogP contribution is 2.20. The highest BCUT2D eigenvalue weighted by atomic mass is 35.5. The van der Waals surface area contributed by atoms with Crippen LogP contribution in [-0.4, -0.2) is 15.5 Å². The quantitative estimate of drug-likeness (QED) is 0.478. The van der Waals surface area contributed by atoms with Crippen LogP contribution in [0.4, 0.5) is 5.69 Å². The molecular formula is C23H20ClN3O2. The van der Waals surface area contributed by atoms with Crippen molar-refractivity contribution in [3.63, 3.8) is 0 Å². The molecule has 0 saturated carbocycles. The highest BCUT2D eigenvalue weighted by molar-refractivity contribution is 6.30. The van der Waals surface area contributed by atoms with Gasteiger partial charge in [-0.15, -0.1) is 0 Å². The van der Waals surface area contributed by atoms with E-state index in [0.29, 0.717) is 16.6 Å². The van der Waals surface area contributed by atoms with Gasteiger partial charge in [-0.3, -0.25) is 4.79 Å². The number of imidazole rings is 1. The van der Waals surface area contributed by atoms with E-state index in [1.165, 1.54) is 0 Å². The molecule has 0 aliphatic carbocycles. The lowest BCUT2D eigenvalue weighted by Crippen LogP contribution is -2.21. The van der Waals surface area contributed by atoms with Gasteiger partial charge in [0.25, 0.3) is 0 Å². The van der Waals surface area contributed by atoms with Crippen LogP contribution < -0.4 is 10.1 Å². The Labute approximate surface area is 173 Å². The van der Waals surface area contributed by atoms with Gasteiger partial charge in [-0.2, -0.15) is 0 Å². The van der Waals surface area contributed by atoms with Crippen molar-refractivity contribution in [2.24, 2.45) is 0 Å². The molecule has 0 saturated heterocycles. The second-order valence-electron chi connectivity index (χ2n) is 6.71. The first-order valence-electron chi connectivity index (χ1n) is 9.28. The number of amides is 1. The summed E-state index contributed by atoms with van der Waals surface area (Å²) < 4.78 is 7.75. The van der Waals surface area contributed by atoms with E-state index in [1.807, 2.05) is 60.0 Å². The first-order valence-corrected chi connectivity index (χ1v) is 9.66. The Hall–Kier alpha value is -3.31. The number of nitrogens with zero attached hydrogens (tertiary/aromatic N) is 2. The summed E-state index contributed by atoms with van der Waals surface area (Å²) in [6.07, 6.45) is 0. The predicted molar refractivity (Wildman–Crippen MR) is 115 cm³/mol. The van der Waals surface area contributed by atoms with Crippen molar-refractivity contribution in [3.05, 3.63) is 89.2 Å². The summed E-state index contributed by atoms with van der Waals surface area (Å²) in [5.41, 5.74) is 3.54. The van der Waals surface area contributed by atoms with Crippen molar-refractivity contribution in [1.82, 2.24) is 9.55 Å². The standard InChI is InChI=1S/C23H20ClN3O2/c1-16-6-2-3-7-19(16)26-23(28)14-27-21-9-5-4-8-20(21)25-22(27)15-29-18-12-10-17(24)11-13-18/h2-13H,14-15H2,1H3,(H,26,28). The largest absolute Gasteiger partial charge is 0.486 e.